The molecule has 1 heterocycles. The van der Waals surface area contributed by atoms with E-state index in [1.807, 2.05) is 32.9 Å². The molecule has 0 fully saturated rings. The summed E-state index contributed by atoms with van der Waals surface area (Å²) in [5.41, 5.74) is 3.04. The van der Waals surface area contributed by atoms with Gasteiger partial charge in [-0.2, -0.15) is 0 Å². The predicted octanol–water partition coefficient (Wildman–Crippen LogP) is 2.47. The van der Waals surface area contributed by atoms with Gasteiger partial charge in [0.15, 0.2) is 0 Å². The van der Waals surface area contributed by atoms with Crippen molar-refractivity contribution in [3.63, 3.8) is 0 Å². The molecule has 0 atom stereocenters. The quantitative estimate of drug-likeness (QED) is 0.760. The summed E-state index contributed by atoms with van der Waals surface area (Å²) in [5.74, 6) is 0. The molecule has 0 aliphatic rings. The zero-order valence-electron chi connectivity index (χ0n) is 8.96. The lowest BCUT2D eigenvalue weighted by molar-refractivity contribution is 0.276. The number of hydrogen-bond acceptors (Lipinski definition) is 2. The van der Waals surface area contributed by atoms with Crippen LogP contribution in [0.3, 0.4) is 0 Å². The Kier molecular flexibility index (Phi) is 6.15. The van der Waals surface area contributed by atoms with Crippen LogP contribution in [0.15, 0.2) is 12.1 Å². The molecular formula is C11H19NO. The van der Waals surface area contributed by atoms with E-state index in [2.05, 4.69) is 11.9 Å². The average Bonchev–Trinajstić information content (AvgIpc) is 2.22. The van der Waals surface area contributed by atoms with E-state index >= 15 is 0 Å². The van der Waals surface area contributed by atoms with Gasteiger partial charge < -0.3 is 5.11 Å². The van der Waals surface area contributed by atoms with Gasteiger partial charge >= 0.3 is 0 Å². The van der Waals surface area contributed by atoms with Crippen molar-refractivity contribution in [3.8, 4) is 0 Å². The van der Waals surface area contributed by atoms with Crippen LogP contribution in [0.25, 0.3) is 0 Å². The monoisotopic (exact) mass is 181 g/mol. The number of aryl methyl sites for hydroxylation is 2. The van der Waals surface area contributed by atoms with Crippen molar-refractivity contribution in [2.24, 2.45) is 0 Å². The van der Waals surface area contributed by atoms with E-state index in [-0.39, 0.29) is 6.61 Å². The summed E-state index contributed by atoms with van der Waals surface area (Å²) in [6, 6.07) is 3.85. The van der Waals surface area contributed by atoms with Crippen molar-refractivity contribution in [2.45, 2.75) is 40.7 Å². The Morgan fingerprint density at radius 2 is 1.92 bits per heavy atom. The fourth-order valence-corrected chi connectivity index (χ4v) is 1.06. The van der Waals surface area contributed by atoms with Gasteiger partial charge in [-0.15, -0.1) is 0 Å². The maximum atomic E-state index is 8.79. The zero-order valence-corrected chi connectivity index (χ0v) is 8.96. The highest BCUT2D eigenvalue weighted by Gasteiger charge is 1.98. The molecule has 0 amide bonds. The minimum absolute atomic E-state index is 0.0350. The summed E-state index contributed by atoms with van der Waals surface area (Å²) < 4.78 is 0. The van der Waals surface area contributed by atoms with E-state index in [4.69, 9.17) is 5.11 Å². The van der Waals surface area contributed by atoms with Crippen LogP contribution < -0.4 is 0 Å². The molecule has 0 bridgehead atoms. The summed E-state index contributed by atoms with van der Waals surface area (Å²) in [7, 11) is 0. The molecule has 1 aromatic heterocycles. The summed E-state index contributed by atoms with van der Waals surface area (Å²) in [5, 5.41) is 8.79. The van der Waals surface area contributed by atoms with Crippen molar-refractivity contribution < 1.29 is 5.11 Å². The Morgan fingerprint density at radius 3 is 2.38 bits per heavy atom. The smallest absolute Gasteiger partial charge is 0.0853 e. The van der Waals surface area contributed by atoms with Crippen LogP contribution in [0.1, 0.15) is 37.7 Å². The highest BCUT2D eigenvalue weighted by molar-refractivity contribution is 5.21. The zero-order chi connectivity index (χ0) is 10.3. The molecule has 1 aromatic rings. The third-order valence-corrected chi connectivity index (χ3v) is 1.76. The Hall–Kier alpha value is -0.890. The van der Waals surface area contributed by atoms with Gasteiger partial charge in [0.25, 0.3) is 0 Å². The molecule has 0 unspecified atom stereocenters. The molecule has 13 heavy (non-hydrogen) atoms. The van der Waals surface area contributed by atoms with E-state index in [1.54, 1.807) is 0 Å². The lowest BCUT2D eigenvalue weighted by Gasteiger charge is -2.02. The molecule has 1 N–H and O–H groups in total. The van der Waals surface area contributed by atoms with E-state index < -0.39 is 0 Å². The van der Waals surface area contributed by atoms with Crippen molar-refractivity contribution in [2.75, 3.05) is 0 Å². The van der Waals surface area contributed by atoms with Crippen LogP contribution in [-0.4, -0.2) is 10.1 Å². The van der Waals surface area contributed by atoms with Crippen LogP contribution in [0.2, 0.25) is 0 Å². The van der Waals surface area contributed by atoms with Crippen molar-refractivity contribution in [3.05, 3.63) is 29.1 Å². The molecule has 0 aliphatic carbocycles. The van der Waals surface area contributed by atoms with Gasteiger partial charge in [0.2, 0.25) is 0 Å². The van der Waals surface area contributed by atoms with Crippen LogP contribution in [0.5, 0.6) is 0 Å². The minimum Gasteiger partial charge on any atom is -0.390 e. The third kappa shape index (κ3) is 3.55. The van der Waals surface area contributed by atoms with E-state index in [0.717, 1.165) is 17.8 Å². The SMILES string of the molecule is CC.CCc1nc(CO)ccc1C. The second-order valence-corrected chi connectivity index (χ2v) is 2.58. The normalized spacial score (nSPS) is 9.00. The highest BCUT2D eigenvalue weighted by Crippen LogP contribution is 2.06. The van der Waals surface area contributed by atoms with Crippen LogP contribution in [0.4, 0.5) is 0 Å². The van der Waals surface area contributed by atoms with Crippen molar-refractivity contribution in [1.29, 1.82) is 0 Å². The molecule has 2 heteroatoms. The number of hydrogen-bond donors (Lipinski definition) is 1. The molecule has 0 aliphatic heterocycles. The second kappa shape index (κ2) is 6.61. The third-order valence-electron chi connectivity index (χ3n) is 1.76. The molecule has 2 nitrogen and oxygen atoms in total. The Labute approximate surface area is 80.6 Å². The Morgan fingerprint density at radius 1 is 1.31 bits per heavy atom. The van der Waals surface area contributed by atoms with Crippen molar-refractivity contribution >= 4 is 0 Å². The molecular weight excluding hydrogens is 162 g/mol. The molecule has 74 valence electrons. The molecule has 0 radical (unpaired) electrons. The first-order valence-corrected chi connectivity index (χ1v) is 4.84. The summed E-state index contributed by atoms with van der Waals surface area (Å²) in [6.07, 6.45) is 0.930. The van der Waals surface area contributed by atoms with Gasteiger partial charge in [-0.1, -0.05) is 26.8 Å². The first kappa shape index (κ1) is 12.1. The molecule has 0 saturated carbocycles. The number of pyridine rings is 1. The number of aliphatic hydroxyl groups excluding tert-OH is 1. The lowest BCUT2D eigenvalue weighted by atomic mass is 10.1. The van der Waals surface area contributed by atoms with Crippen molar-refractivity contribution in [1.82, 2.24) is 4.98 Å². The van der Waals surface area contributed by atoms with E-state index in [0.29, 0.717) is 0 Å². The van der Waals surface area contributed by atoms with Crippen LogP contribution in [0, 0.1) is 6.92 Å². The van der Waals surface area contributed by atoms with Crippen LogP contribution in [-0.2, 0) is 13.0 Å². The average molecular weight is 181 g/mol. The fraction of sp³-hybridized carbons (Fsp3) is 0.545. The van der Waals surface area contributed by atoms with Gasteiger partial charge in [-0.05, 0) is 25.0 Å². The number of rotatable bonds is 2. The van der Waals surface area contributed by atoms with Gasteiger partial charge in [-0.3, -0.25) is 4.98 Å². The standard InChI is InChI=1S/C9H13NO.C2H6/c1-3-9-7(2)4-5-8(6-11)10-9;1-2/h4-5,11H,3,6H2,1-2H3;1-2H3. The second-order valence-electron chi connectivity index (χ2n) is 2.58. The predicted molar refractivity (Wildman–Crippen MR) is 55.6 cm³/mol. The fourth-order valence-electron chi connectivity index (χ4n) is 1.06. The summed E-state index contributed by atoms with van der Waals surface area (Å²) in [6.45, 7) is 8.14. The topological polar surface area (TPSA) is 33.1 Å². The summed E-state index contributed by atoms with van der Waals surface area (Å²) >= 11 is 0. The van der Waals surface area contributed by atoms with Crippen LogP contribution >= 0.6 is 0 Å². The molecule has 0 saturated heterocycles. The largest absolute Gasteiger partial charge is 0.390 e. The number of aliphatic hydroxyl groups is 1. The molecule has 0 spiro atoms. The minimum atomic E-state index is 0.0350. The number of nitrogens with zero attached hydrogens (tertiary/aromatic N) is 1. The van der Waals surface area contributed by atoms with Gasteiger partial charge in [-0.25, -0.2) is 0 Å². The number of aromatic nitrogens is 1. The maximum absolute atomic E-state index is 8.79. The van der Waals surface area contributed by atoms with E-state index in [9.17, 15) is 0 Å². The first-order valence-electron chi connectivity index (χ1n) is 4.84. The molecule has 1 rings (SSSR count). The lowest BCUT2D eigenvalue weighted by Crippen LogP contribution is -1.96. The summed E-state index contributed by atoms with van der Waals surface area (Å²) in [4.78, 5) is 4.26. The Bertz CT molecular complexity index is 246. The van der Waals surface area contributed by atoms with E-state index in [1.165, 1.54) is 5.56 Å². The highest BCUT2D eigenvalue weighted by atomic mass is 16.3. The first-order chi connectivity index (χ1) is 6.27. The van der Waals surface area contributed by atoms with Gasteiger partial charge in [0, 0.05) is 5.69 Å². The molecule has 0 aromatic carbocycles. The Balaban J connectivity index is 0.000000671. The van der Waals surface area contributed by atoms with Gasteiger partial charge in [0.05, 0.1) is 12.3 Å². The van der Waals surface area contributed by atoms with Gasteiger partial charge in [0.1, 0.15) is 0 Å². The maximum Gasteiger partial charge on any atom is 0.0853 e.